The normalized spacial score (nSPS) is 8.92. The second kappa shape index (κ2) is 4.98. The number of hydrogen-bond donors (Lipinski definition) is 1. The number of amides is 1. The maximum atomic E-state index is 10.2. The van der Waals surface area contributed by atoms with Crippen molar-refractivity contribution in [1.82, 2.24) is 0 Å². The molecule has 1 N–H and O–H groups in total. The number of para-hydroxylation sites is 2. The summed E-state index contributed by atoms with van der Waals surface area (Å²) < 4.78 is 5.30. The predicted octanol–water partition coefficient (Wildman–Crippen LogP) is 1.82. The number of hydrogen-bond acceptors (Lipinski definition) is 2. The fourth-order valence-corrected chi connectivity index (χ4v) is 0.924. The molecule has 1 aromatic carbocycles. The van der Waals surface area contributed by atoms with Crippen LogP contribution in [0.25, 0.3) is 0 Å². The Hall–Kier alpha value is -1.77. The molecule has 0 spiro atoms. The molecule has 0 aliphatic carbocycles. The van der Waals surface area contributed by atoms with Crippen molar-refractivity contribution in [3.8, 4) is 5.75 Å². The smallest absolute Gasteiger partial charge is 0.211 e. The fraction of sp³-hybridized carbons (Fsp3) is 0.100. The molecule has 3 heteroatoms. The maximum Gasteiger partial charge on any atom is 0.211 e. The second-order valence-electron chi connectivity index (χ2n) is 2.36. The van der Waals surface area contributed by atoms with Crippen molar-refractivity contribution in [2.75, 3.05) is 11.9 Å². The fourth-order valence-electron chi connectivity index (χ4n) is 0.924. The molecule has 0 unspecified atom stereocenters. The van der Waals surface area contributed by atoms with Crippen molar-refractivity contribution in [2.45, 2.75) is 0 Å². The van der Waals surface area contributed by atoms with Gasteiger partial charge in [-0.25, -0.2) is 0 Å². The van der Waals surface area contributed by atoms with E-state index in [4.69, 9.17) is 4.74 Å². The standard InChI is InChI=1S/C10H11NO2/c1-2-7-13-10-6-4-3-5-9(10)11-8-12/h2-6,8H,1,7H2,(H,11,12). The van der Waals surface area contributed by atoms with E-state index in [1.54, 1.807) is 18.2 Å². The highest BCUT2D eigenvalue weighted by Crippen LogP contribution is 2.22. The van der Waals surface area contributed by atoms with Crippen LogP contribution in [0.4, 0.5) is 5.69 Å². The van der Waals surface area contributed by atoms with Crippen molar-refractivity contribution in [3.63, 3.8) is 0 Å². The van der Waals surface area contributed by atoms with Gasteiger partial charge in [0.2, 0.25) is 6.41 Å². The van der Waals surface area contributed by atoms with Gasteiger partial charge in [0.05, 0.1) is 5.69 Å². The van der Waals surface area contributed by atoms with Crippen LogP contribution in [0.15, 0.2) is 36.9 Å². The molecule has 0 saturated heterocycles. The first kappa shape index (κ1) is 9.32. The van der Waals surface area contributed by atoms with Crippen LogP contribution >= 0.6 is 0 Å². The van der Waals surface area contributed by atoms with Crippen molar-refractivity contribution in [1.29, 1.82) is 0 Å². The molecule has 1 rings (SSSR count). The molecule has 1 aromatic rings. The van der Waals surface area contributed by atoms with Gasteiger partial charge in [-0.1, -0.05) is 24.8 Å². The lowest BCUT2D eigenvalue weighted by molar-refractivity contribution is -0.105. The lowest BCUT2D eigenvalue weighted by Crippen LogP contribution is -1.99. The Labute approximate surface area is 77.0 Å². The highest BCUT2D eigenvalue weighted by molar-refractivity contribution is 5.75. The van der Waals surface area contributed by atoms with Crippen LogP contribution in [0, 0.1) is 0 Å². The average molecular weight is 177 g/mol. The number of ether oxygens (including phenoxy) is 1. The molecule has 1 amide bonds. The minimum Gasteiger partial charge on any atom is -0.487 e. The van der Waals surface area contributed by atoms with E-state index in [1.807, 2.05) is 12.1 Å². The SMILES string of the molecule is C=CCOc1ccccc1NC=O. The van der Waals surface area contributed by atoms with Crippen LogP contribution < -0.4 is 10.1 Å². The molecule has 0 aliphatic heterocycles. The summed E-state index contributed by atoms with van der Waals surface area (Å²) in [6, 6.07) is 7.23. The zero-order valence-electron chi connectivity index (χ0n) is 7.19. The van der Waals surface area contributed by atoms with Gasteiger partial charge in [-0.15, -0.1) is 0 Å². The second-order valence-corrected chi connectivity index (χ2v) is 2.36. The first-order chi connectivity index (χ1) is 6.38. The Morgan fingerprint density at radius 2 is 2.23 bits per heavy atom. The van der Waals surface area contributed by atoms with Crippen LogP contribution in [-0.4, -0.2) is 13.0 Å². The van der Waals surface area contributed by atoms with Gasteiger partial charge in [-0.2, -0.15) is 0 Å². The van der Waals surface area contributed by atoms with Crippen LogP contribution in [0.5, 0.6) is 5.75 Å². The monoisotopic (exact) mass is 177 g/mol. The van der Waals surface area contributed by atoms with Crippen LogP contribution in [0.3, 0.4) is 0 Å². The summed E-state index contributed by atoms with van der Waals surface area (Å²) in [6.45, 7) is 3.96. The van der Waals surface area contributed by atoms with Gasteiger partial charge in [0.15, 0.2) is 0 Å². The number of benzene rings is 1. The number of rotatable bonds is 5. The van der Waals surface area contributed by atoms with Crippen LogP contribution in [0.2, 0.25) is 0 Å². The molecule has 0 aliphatic rings. The molecule has 0 bridgehead atoms. The summed E-state index contributed by atoms with van der Waals surface area (Å²) >= 11 is 0. The van der Waals surface area contributed by atoms with E-state index in [9.17, 15) is 4.79 Å². The predicted molar refractivity (Wildman–Crippen MR) is 51.8 cm³/mol. The van der Waals surface area contributed by atoms with E-state index in [0.29, 0.717) is 24.5 Å². The molecule has 0 heterocycles. The highest BCUT2D eigenvalue weighted by Gasteiger charge is 1.99. The molecule has 68 valence electrons. The molecule has 0 radical (unpaired) electrons. The van der Waals surface area contributed by atoms with Crippen LogP contribution in [-0.2, 0) is 4.79 Å². The van der Waals surface area contributed by atoms with Gasteiger partial charge in [0.1, 0.15) is 12.4 Å². The zero-order chi connectivity index (χ0) is 9.52. The summed E-state index contributed by atoms with van der Waals surface area (Å²) in [6.07, 6.45) is 2.27. The van der Waals surface area contributed by atoms with Gasteiger partial charge in [0.25, 0.3) is 0 Å². The summed E-state index contributed by atoms with van der Waals surface area (Å²) in [5.74, 6) is 0.648. The molecular weight excluding hydrogens is 166 g/mol. The topological polar surface area (TPSA) is 38.3 Å². The number of nitrogens with one attached hydrogen (secondary N) is 1. The third-order valence-electron chi connectivity index (χ3n) is 1.46. The van der Waals surface area contributed by atoms with E-state index in [0.717, 1.165) is 0 Å². The summed E-state index contributed by atoms with van der Waals surface area (Å²) in [5.41, 5.74) is 0.666. The van der Waals surface area contributed by atoms with Gasteiger partial charge in [-0.05, 0) is 12.1 Å². The minimum absolute atomic E-state index is 0.428. The molecule has 3 nitrogen and oxygen atoms in total. The van der Waals surface area contributed by atoms with Gasteiger partial charge >= 0.3 is 0 Å². The molecule has 0 fully saturated rings. The first-order valence-corrected chi connectivity index (χ1v) is 3.91. The lowest BCUT2D eigenvalue weighted by atomic mass is 10.3. The summed E-state index contributed by atoms with van der Waals surface area (Å²) in [7, 11) is 0. The largest absolute Gasteiger partial charge is 0.487 e. The molecular formula is C10H11NO2. The molecule has 0 saturated carbocycles. The molecule has 0 aromatic heterocycles. The highest BCUT2D eigenvalue weighted by atomic mass is 16.5. The Kier molecular flexibility index (Phi) is 3.57. The molecule has 0 atom stereocenters. The number of anilines is 1. The van der Waals surface area contributed by atoms with Gasteiger partial charge < -0.3 is 10.1 Å². The first-order valence-electron chi connectivity index (χ1n) is 3.91. The van der Waals surface area contributed by atoms with Gasteiger partial charge in [0, 0.05) is 0 Å². The van der Waals surface area contributed by atoms with E-state index in [-0.39, 0.29) is 0 Å². The Bertz CT molecular complexity index is 297. The number of carbonyl (C=O) groups excluding carboxylic acids is 1. The van der Waals surface area contributed by atoms with Crippen LogP contribution in [0.1, 0.15) is 0 Å². The van der Waals surface area contributed by atoms with Crippen molar-refractivity contribution >= 4 is 12.1 Å². The maximum absolute atomic E-state index is 10.2. The Balaban J connectivity index is 2.77. The quantitative estimate of drug-likeness (QED) is 0.550. The van der Waals surface area contributed by atoms with Gasteiger partial charge in [-0.3, -0.25) is 4.79 Å². The third kappa shape index (κ3) is 2.63. The van der Waals surface area contributed by atoms with Crippen molar-refractivity contribution < 1.29 is 9.53 Å². The molecule has 13 heavy (non-hydrogen) atoms. The number of carbonyl (C=O) groups is 1. The van der Waals surface area contributed by atoms with E-state index < -0.39 is 0 Å². The Morgan fingerprint density at radius 1 is 1.46 bits per heavy atom. The minimum atomic E-state index is 0.428. The zero-order valence-corrected chi connectivity index (χ0v) is 7.19. The lowest BCUT2D eigenvalue weighted by Gasteiger charge is -2.07. The summed E-state index contributed by atoms with van der Waals surface area (Å²) in [5, 5.41) is 2.55. The van der Waals surface area contributed by atoms with Crippen molar-refractivity contribution in [2.24, 2.45) is 0 Å². The van der Waals surface area contributed by atoms with E-state index >= 15 is 0 Å². The third-order valence-corrected chi connectivity index (χ3v) is 1.46. The summed E-state index contributed by atoms with van der Waals surface area (Å²) in [4.78, 5) is 10.2. The van der Waals surface area contributed by atoms with E-state index in [2.05, 4.69) is 11.9 Å². The Morgan fingerprint density at radius 3 is 2.92 bits per heavy atom. The average Bonchev–Trinajstić information content (AvgIpc) is 2.17. The van der Waals surface area contributed by atoms with Crippen molar-refractivity contribution in [3.05, 3.63) is 36.9 Å². The van der Waals surface area contributed by atoms with E-state index in [1.165, 1.54) is 0 Å².